The van der Waals surface area contributed by atoms with Crippen molar-refractivity contribution in [3.8, 4) is 0 Å². The molecule has 0 aliphatic carbocycles. The standard InChI is InChI=1S/C22H27NO2.ClH/c1-22(2,3)19-13-10-18(11-14-19)12-15-20-8-4-6-16-23(20)17-7-5-9-21(24)25;/h4,6,8,10-16H,5,7,9,17H2,1-3H3;1H/b15-12+;. The molecule has 0 saturated heterocycles. The molecule has 0 saturated carbocycles. The van der Waals surface area contributed by atoms with Crippen LogP contribution in [-0.2, 0) is 16.8 Å². The first-order chi connectivity index (χ1) is 11.9. The van der Waals surface area contributed by atoms with Gasteiger partial charge in [0.1, 0.15) is 6.54 Å². The Morgan fingerprint density at radius 3 is 2.35 bits per heavy atom. The lowest BCUT2D eigenvalue weighted by Gasteiger charge is -2.18. The zero-order chi connectivity index (χ0) is 18.3. The third kappa shape index (κ3) is 7.01. The largest absolute Gasteiger partial charge is 1.00 e. The Morgan fingerprint density at radius 2 is 1.73 bits per heavy atom. The van der Waals surface area contributed by atoms with Crippen LogP contribution < -0.4 is 17.0 Å². The van der Waals surface area contributed by atoms with E-state index >= 15 is 0 Å². The Balaban J connectivity index is 0.00000338. The monoisotopic (exact) mass is 373 g/mol. The summed E-state index contributed by atoms with van der Waals surface area (Å²) >= 11 is 0. The molecule has 0 aliphatic rings. The van der Waals surface area contributed by atoms with Gasteiger partial charge in [-0.05, 0) is 35.1 Å². The number of carboxylic acids is 1. The molecule has 0 unspecified atom stereocenters. The first-order valence-corrected chi connectivity index (χ1v) is 8.85. The number of aryl methyl sites for hydroxylation is 1. The molecule has 1 aromatic carbocycles. The lowest BCUT2D eigenvalue weighted by Crippen LogP contribution is -3.00. The predicted molar refractivity (Wildman–Crippen MR) is 102 cm³/mol. The van der Waals surface area contributed by atoms with Gasteiger partial charge in [0.2, 0.25) is 5.69 Å². The first-order valence-electron chi connectivity index (χ1n) is 8.85. The van der Waals surface area contributed by atoms with E-state index < -0.39 is 5.97 Å². The van der Waals surface area contributed by atoms with Crippen LogP contribution in [0.4, 0.5) is 0 Å². The molecule has 140 valence electrons. The molecule has 0 fully saturated rings. The number of aromatic nitrogens is 1. The van der Waals surface area contributed by atoms with Gasteiger partial charge >= 0.3 is 5.97 Å². The number of carbonyl (C=O) groups is 1. The highest BCUT2D eigenvalue weighted by atomic mass is 35.5. The zero-order valence-electron chi connectivity index (χ0n) is 15.8. The van der Waals surface area contributed by atoms with Gasteiger partial charge in [-0.15, -0.1) is 0 Å². The van der Waals surface area contributed by atoms with Gasteiger partial charge in [0.25, 0.3) is 0 Å². The number of rotatable bonds is 7. The van der Waals surface area contributed by atoms with E-state index in [9.17, 15) is 4.79 Å². The molecule has 0 bridgehead atoms. The van der Waals surface area contributed by atoms with Gasteiger partial charge in [0.15, 0.2) is 6.20 Å². The van der Waals surface area contributed by atoms with Crippen LogP contribution in [0.15, 0.2) is 48.7 Å². The van der Waals surface area contributed by atoms with E-state index in [-0.39, 0.29) is 24.2 Å². The molecule has 26 heavy (non-hydrogen) atoms. The molecular weight excluding hydrogens is 346 g/mol. The third-order valence-corrected chi connectivity index (χ3v) is 4.24. The van der Waals surface area contributed by atoms with Crippen molar-refractivity contribution in [2.24, 2.45) is 0 Å². The maximum Gasteiger partial charge on any atom is 0.303 e. The van der Waals surface area contributed by atoms with Crippen LogP contribution in [0.2, 0.25) is 0 Å². The minimum atomic E-state index is -0.725. The maximum atomic E-state index is 10.6. The van der Waals surface area contributed by atoms with Crippen molar-refractivity contribution in [2.45, 2.75) is 52.0 Å². The summed E-state index contributed by atoms with van der Waals surface area (Å²) in [6.07, 6.45) is 8.08. The molecule has 2 rings (SSSR count). The van der Waals surface area contributed by atoms with Gasteiger partial charge in [-0.1, -0.05) is 45.0 Å². The highest BCUT2D eigenvalue weighted by Gasteiger charge is 2.12. The van der Waals surface area contributed by atoms with Gasteiger partial charge in [-0.3, -0.25) is 4.79 Å². The van der Waals surface area contributed by atoms with Crippen molar-refractivity contribution in [1.29, 1.82) is 0 Å². The van der Waals surface area contributed by atoms with Crippen molar-refractivity contribution >= 4 is 18.1 Å². The molecule has 0 atom stereocenters. The highest BCUT2D eigenvalue weighted by Crippen LogP contribution is 2.22. The van der Waals surface area contributed by atoms with Crippen LogP contribution >= 0.6 is 0 Å². The fourth-order valence-corrected chi connectivity index (χ4v) is 2.68. The van der Waals surface area contributed by atoms with Crippen LogP contribution in [0.1, 0.15) is 56.9 Å². The Labute approximate surface area is 162 Å². The first kappa shape index (κ1) is 21.9. The molecule has 0 radical (unpaired) electrons. The molecule has 4 heteroatoms. The van der Waals surface area contributed by atoms with Crippen LogP contribution in [0, 0.1) is 0 Å². The maximum absolute atomic E-state index is 10.6. The number of carboxylic acid groups (broad SMARTS) is 1. The zero-order valence-corrected chi connectivity index (χ0v) is 16.5. The van der Waals surface area contributed by atoms with E-state index in [1.165, 1.54) is 11.1 Å². The normalized spacial score (nSPS) is 11.3. The predicted octanol–water partition coefficient (Wildman–Crippen LogP) is 1.70. The van der Waals surface area contributed by atoms with Crippen molar-refractivity contribution < 1.29 is 26.9 Å². The second-order valence-electron chi connectivity index (χ2n) is 7.38. The number of hydrogen-bond donors (Lipinski definition) is 1. The Morgan fingerprint density at radius 1 is 1.04 bits per heavy atom. The summed E-state index contributed by atoms with van der Waals surface area (Å²) in [4.78, 5) is 10.6. The Hall–Kier alpha value is -2.13. The lowest BCUT2D eigenvalue weighted by molar-refractivity contribution is -0.699. The molecule has 1 aromatic heterocycles. The smallest absolute Gasteiger partial charge is 0.303 e. The summed E-state index contributed by atoms with van der Waals surface area (Å²) in [5.41, 5.74) is 3.80. The quantitative estimate of drug-likeness (QED) is 0.593. The average Bonchev–Trinajstić information content (AvgIpc) is 2.57. The Bertz CT molecular complexity index is 731. The fourth-order valence-electron chi connectivity index (χ4n) is 2.68. The number of aliphatic carboxylic acids is 1. The number of benzene rings is 1. The molecule has 0 amide bonds. The second kappa shape index (κ2) is 10.1. The molecule has 3 nitrogen and oxygen atoms in total. The summed E-state index contributed by atoms with van der Waals surface area (Å²) in [5, 5.41) is 8.73. The lowest BCUT2D eigenvalue weighted by atomic mass is 9.87. The minimum Gasteiger partial charge on any atom is -1.00 e. The number of unbranched alkanes of at least 4 members (excludes halogenated alkanes) is 1. The van der Waals surface area contributed by atoms with Crippen LogP contribution in [0.3, 0.4) is 0 Å². The number of hydrogen-bond acceptors (Lipinski definition) is 1. The summed E-state index contributed by atoms with van der Waals surface area (Å²) < 4.78 is 2.17. The summed E-state index contributed by atoms with van der Waals surface area (Å²) in [6, 6.07) is 14.8. The van der Waals surface area contributed by atoms with Gasteiger partial charge in [0.05, 0.1) is 0 Å². The van der Waals surface area contributed by atoms with Gasteiger partial charge in [0, 0.05) is 31.1 Å². The van der Waals surface area contributed by atoms with E-state index in [0.29, 0.717) is 6.42 Å². The molecule has 0 spiro atoms. The van der Waals surface area contributed by atoms with E-state index in [1.54, 1.807) is 0 Å². The second-order valence-corrected chi connectivity index (χ2v) is 7.38. The number of pyridine rings is 1. The van der Waals surface area contributed by atoms with Crippen molar-refractivity contribution in [3.05, 3.63) is 65.5 Å². The van der Waals surface area contributed by atoms with Gasteiger partial charge in [-0.25, -0.2) is 0 Å². The molecule has 1 N–H and O–H groups in total. The van der Waals surface area contributed by atoms with E-state index in [4.69, 9.17) is 5.11 Å². The minimum absolute atomic E-state index is 0. The van der Waals surface area contributed by atoms with Crippen LogP contribution in [0.25, 0.3) is 12.2 Å². The summed E-state index contributed by atoms with van der Waals surface area (Å²) in [5.74, 6) is -0.725. The summed E-state index contributed by atoms with van der Waals surface area (Å²) in [7, 11) is 0. The van der Waals surface area contributed by atoms with Crippen LogP contribution in [-0.4, -0.2) is 11.1 Å². The summed E-state index contributed by atoms with van der Waals surface area (Å²) in [6.45, 7) is 7.48. The SMILES string of the molecule is CC(C)(C)c1ccc(/C=C/c2cccc[n+]2CCCCC(=O)O)cc1.[Cl-]. The van der Waals surface area contributed by atoms with Gasteiger partial charge in [-0.2, -0.15) is 4.57 Å². The average molecular weight is 374 g/mol. The van der Waals surface area contributed by atoms with E-state index in [0.717, 1.165) is 18.7 Å². The van der Waals surface area contributed by atoms with Crippen molar-refractivity contribution in [2.75, 3.05) is 0 Å². The van der Waals surface area contributed by atoms with Gasteiger partial charge < -0.3 is 17.5 Å². The third-order valence-electron chi connectivity index (χ3n) is 4.24. The topological polar surface area (TPSA) is 41.2 Å². The van der Waals surface area contributed by atoms with E-state index in [2.05, 4.69) is 67.8 Å². The van der Waals surface area contributed by atoms with Crippen molar-refractivity contribution in [3.63, 3.8) is 0 Å². The molecule has 2 aromatic rings. The molecular formula is C22H28ClNO2. The highest BCUT2D eigenvalue weighted by molar-refractivity contribution is 5.67. The van der Waals surface area contributed by atoms with Crippen molar-refractivity contribution in [1.82, 2.24) is 0 Å². The fraction of sp³-hybridized carbons (Fsp3) is 0.364. The number of nitrogens with zero attached hydrogens (tertiary/aromatic N) is 1. The molecule has 1 heterocycles. The molecule has 0 aliphatic heterocycles. The Kier molecular flexibility index (Phi) is 8.53. The number of halogens is 1. The van der Waals surface area contributed by atoms with E-state index in [1.807, 2.05) is 18.3 Å². The van der Waals surface area contributed by atoms with Crippen LogP contribution in [0.5, 0.6) is 0 Å².